The molecule has 0 aliphatic carbocycles. The van der Waals surface area contributed by atoms with Gasteiger partial charge in [-0.2, -0.15) is 0 Å². The summed E-state index contributed by atoms with van der Waals surface area (Å²) < 4.78 is 10.3. The van der Waals surface area contributed by atoms with E-state index in [0.717, 1.165) is 50.1 Å². The second-order valence-corrected chi connectivity index (χ2v) is 24.2. The zero-order chi connectivity index (χ0) is 69.9. The molecule has 0 bridgehead atoms. The third-order valence-corrected chi connectivity index (χ3v) is 15.8. The van der Waals surface area contributed by atoms with Crippen LogP contribution in [-0.2, 0) is 82.8 Å². The van der Waals surface area contributed by atoms with E-state index in [1.54, 1.807) is 43.0 Å². The molecule has 9 aromatic carbocycles. The molecule has 9 aromatic rings. The fourth-order valence-electron chi connectivity index (χ4n) is 10.9. The zero-order valence-electron chi connectivity index (χ0n) is 58.4. The molecule has 0 aliphatic heterocycles. The topological polar surface area (TPSA) is 184 Å². The Hall–Kier alpha value is -9.35. The number of benzene rings is 9. The standard InChI is InChI=1S/C31H39N3O4.2C25H26N2O3.CH3.U/c1-32(25-30(35)33(18-20-37-2)19-21-38-3)22-28-14-16-29(17-15-28)31(36)34(23-26-10-6-4-7-11-26)24-27-12-8-5-9-13-27;2*1-26(19-24(28)29)16-22-12-14-23(15-13-22)25(30)27(17-20-8-4-2-5-9-20)18-21-10-6-3-7-11-21;;/h4-17H,18-25H2,1-3H3;2*2-15H,16-19H2,1H3,(H,28,29);1H3;/q;;;-1;. The molecule has 0 unspecified atom stereocenters. The van der Waals surface area contributed by atoms with Gasteiger partial charge in [-0.05, 0) is 108 Å². The number of aliphatic carboxylic acids is 2. The molecule has 4 amide bonds. The molecular weight excluding hydrogens is 1480 g/mol. The molecule has 0 saturated carbocycles. The number of carboxylic acids is 2. The molecule has 522 valence electrons. The Morgan fingerprint density at radius 2 is 0.490 bits per heavy atom. The Morgan fingerprint density at radius 1 is 0.290 bits per heavy atom. The molecule has 0 radical (unpaired) electrons. The molecule has 17 nitrogen and oxygen atoms in total. The second kappa shape index (κ2) is 44.6. The van der Waals surface area contributed by atoms with Crippen LogP contribution in [0.25, 0.3) is 0 Å². The summed E-state index contributed by atoms with van der Waals surface area (Å²) in [5.41, 5.74) is 11.3. The van der Waals surface area contributed by atoms with Gasteiger partial charge in [-0.15, -0.1) is 0 Å². The average molecular weight is 1580 g/mol. The quantitative estimate of drug-likeness (QED) is 0.0371. The Balaban J connectivity index is 0.000000270. The van der Waals surface area contributed by atoms with Crippen LogP contribution in [-0.4, -0.2) is 161 Å². The molecule has 0 aliphatic rings. The first-order valence-corrected chi connectivity index (χ1v) is 32.6. The number of carbonyl (C=O) groups is 6. The van der Waals surface area contributed by atoms with Crippen molar-refractivity contribution in [2.45, 2.75) is 58.9 Å². The number of likely N-dealkylation sites (N-methyl/N-ethyl adjacent to an activating group) is 3. The van der Waals surface area contributed by atoms with Gasteiger partial charge in [0.25, 0.3) is 17.7 Å². The normalized spacial score (nSPS) is 10.6. The SMILES string of the molecule is CN(CC(=O)O)Cc1ccc(C(=O)N(Cc2ccccc2)Cc2ccccc2)cc1.CN(CC(=O)O)Cc1ccc(C(=O)N(Cc2ccccc2)Cc2ccccc2)cc1.COCCN(CCOC)C(=O)CN(C)Cc1ccc(C(=O)N(Cc2ccccc2)Cc2ccccc2)cc1.[CH3-].[U]. The minimum Gasteiger partial charge on any atom is -0.480 e. The van der Waals surface area contributed by atoms with E-state index in [2.05, 4.69) is 0 Å². The van der Waals surface area contributed by atoms with E-state index >= 15 is 0 Å². The Morgan fingerprint density at radius 3 is 0.690 bits per heavy atom. The maximum absolute atomic E-state index is 13.5. The summed E-state index contributed by atoms with van der Waals surface area (Å²) in [6.45, 7) is 7.06. The summed E-state index contributed by atoms with van der Waals surface area (Å²) in [4.78, 5) is 87.3. The summed E-state index contributed by atoms with van der Waals surface area (Å²) >= 11 is 0. The van der Waals surface area contributed by atoms with Crippen LogP contribution in [0.5, 0.6) is 0 Å². The van der Waals surface area contributed by atoms with E-state index in [4.69, 9.17) is 19.7 Å². The van der Waals surface area contributed by atoms with Gasteiger partial charge < -0.3 is 46.7 Å². The maximum atomic E-state index is 13.5. The minimum atomic E-state index is -0.859. The number of rotatable bonds is 33. The number of carboxylic acid groups (broad SMARTS) is 2. The summed E-state index contributed by atoms with van der Waals surface area (Å²) in [6.07, 6.45) is 0. The number of nitrogens with zero attached hydrogens (tertiary/aromatic N) is 7. The molecule has 0 aromatic heterocycles. The Labute approximate surface area is 614 Å². The smallest absolute Gasteiger partial charge is 0.317 e. The first-order chi connectivity index (χ1) is 47.5. The molecule has 0 heterocycles. The van der Waals surface area contributed by atoms with Crippen LogP contribution in [0.15, 0.2) is 255 Å². The van der Waals surface area contributed by atoms with E-state index in [1.807, 2.05) is 281 Å². The van der Waals surface area contributed by atoms with E-state index in [9.17, 15) is 28.8 Å². The number of hydrogen-bond donors (Lipinski definition) is 2. The van der Waals surface area contributed by atoms with Crippen LogP contribution in [0.3, 0.4) is 0 Å². The number of hydrogen-bond acceptors (Lipinski definition) is 11. The molecule has 0 spiro atoms. The molecule has 0 atom stereocenters. The van der Waals surface area contributed by atoms with E-state index < -0.39 is 11.9 Å². The fourth-order valence-corrected chi connectivity index (χ4v) is 10.9. The summed E-state index contributed by atoms with van der Waals surface area (Å²) in [7, 11) is 8.69. The van der Waals surface area contributed by atoms with Crippen LogP contribution in [0, 0.1) is 38.5 Å². The number of ether oxygens (including phenoxy) is 2. The third-order valence-electron chi connectivity index (χ3n) is 15.8. The van der Waals surface area contributed by atoms with E-state index in [1.165, 1.54) is 0 Å². The van der Waals surface area contributed by atoms with Gasteiger partial charge in [0.15, 0.2) is 0 Å². The van der Waals surface area contributed by atoms with Gasteiger partial charge in [-0.3, -0.25) is 43.5 Å². The van der Waals surface area contributed by atoms with Crippen LogP contribution in [0.4, 0.5) is 0 Å². The molecule has 2 N–H and O–H groups in total. The minimum absolute atomic E-state index is 0. The number of amides is 4. The predicted octanol–water partition coefficient (Wildman–Crippen LogP) is 12.6. The molecule has 100 heavy (non-hydrogen) atoms. The van der Waals surface area contributed by atoms with Gasteiger partial charge in [0, 0.05) is 134 Å². The van der Waals surface area contributed by atoms with Crippen molar-refractivity contribution in [3.05, 3.63) is 329 Å². The number of carbonyl (C=O) groups excluding carboxylic acids is 4. The largest absolute Gasteiger partial charge is 0.480 e. The monoisotopic (exact) mass is 1570 g/mol. The first kappa shape index (κ1) is 81.3. The maximum Gasteiger partial charge on any atom is 0.317 e. The van der Waals surface area contributed by atoms with Crippen molar-refractivity contribution in [3.8, 4) is 0 Å². The average Bonchev–Trinajstić information content (AvgIpc) is 0.860. The van der Waals surface area contributed by atoms with Crippen LogP contribution in [0.1, 0.15) is 81.1 Å². The van der Waals surface area contributed by atoms with Crippen molar-refractivity contribution in [2.75, 3.05) is 81.3 Å². The van der Waals surface area contributed by atoms with Crippen molar-refractivity contribution in [2.24, 2.45) is 0 Å². The van der Waals surface area contributed by atoms with Crippen molar-refractivity contribution in [1.29, 1.82) is 0 Å². The van der Waals surface area contributed by atoms with Gasteiger partial charge in [0.2, 0.25) is 5.91 Å². The van der Waals surface area contributed by atoms with Gasteiger partial charge in [0.05, 0.1) is 32.8 Å². The summed E-state index contributed by atoms with van der Waals surface area (Å²) in [6, 6.07) is 82.4. The second-order valence-electron chi connectivity index (χ2n) is 24.2. The molecule has 0 saturated heterocycles. The Bertz CT molecular complexity index is 3530. The van der Waals surface area contributed by atoms with Crippen LogP contribution >= 0.6 is 0 Å². The predicted molar refractivity (Wildman–Crippen MR) is 390 cm³/mol. The van der Waals surface area contributed by atoms with Gasteiger partial charge in [-0.1, -0.05) is 218 Å². The van der Waals surface area contributed by atoms with Gasteiger partial charge in [0.1, 0.15) is 0 Å². The summed E-state index contributed by atoms with van der Waals surface area (Å²) in [5, 5.41) is 17.8. The first-order valence-electron chi connectivity index (χ1n) is 32.6. The molecular formula is C82H94N7O10U-. The number of methoxy groups -OCH3 is 2. The van der Waals surface area contributed by atoms with Crippen LogP contribution in [0.2, 0.25) is 0 Å². The third kappa shape index (κ3) is 29.2. The van der Waals surface area contributed by atoms with E-state index in [0.29, 0.717) is 102 Å². The fraction of sp³-hybridized carbons (Fsp3) is 0.256. The summed E-state index contributed by atoms with van der Waals surface area (Å²) in [5.74, 6) is -1.77. The molecule has 9 rings (SSSR count). The van der Waals surface area contributed by atoms with Crippen molar-refractivity contribution in [3.63, 3.8) is 0 Å². The van der Waals surface area contributed by atoms with Crippen LogP contribution < -0.4 is 0 Å². The van der Waals surface area contributed by atoms with Gasteiger partial charge in [-0.25, -0.2) is 0 Å². The van der Waals surface area contributed by atoms with E-state index in [-0.39, 0.29) is 81.8 Å². The van der Waals surface area contributed by atoms with Crippen molar-refractivity contribution < 1.29 is 79.6 Å². The van der Waals surface area contributed by atoms with Crippen molar-refractivity contribution in [1.82, 2.24) is 34.3 Å². The zero-order valence-corrected chi connectivity index (χ0v) is 62.5. The Kier molecular flexibility index (Phi) is 36.3. The molecule has 18 heteroatoms. The van der Waals surface area contributed by atoms with Crippen molar-refractivity contribution >= 4 is 35.6 Å². The van der Waals surface area contributed by atoms with Gasteiger partial charge >= 0.3 is 11.9 Å². The molecule has 0 fully saturated rings.